The first-order chi connectivity index (χ1) is 31.7. The highest BCUT2D eigenvalue weighted by Gasteiger charge is 2.21. The second-order valence-corrected chi connectivity index (χ2v) is 16.4. The van der Waals surface area contributed by atoms with Crippen molar-refractivity contribution >= 4 is 65.3 Å². The molecule has 0 radical (unpaired) electrons. The molecule has 5 nitrogen and oxygen atoms in total. The van der Waals surface area contributed by atoms with Crippen LogP contribution in [0.1, 0.15) is 0 Å². The number of hydrogen-bond acceptors (Lipinski definition) is 4. The minimum absolute atomic E-state index is 0.597. The van der Waals surface area contributed by atoms with Gasteiger partial charge in [-0.15, -0.1) is 0 Å². The van der Waals surface area contributed by atoms with Gasteiger partial charge < -0.3 is 8.98 Å². The van der Waals surface area contributed by atoms with Crippen molar-refractivity contribution in [2.75, 3.05) is 0 Å². The average Bonchev–Trinajstić information content (AvgIpc) is 3.92. The monoisotopic (exact) mass is 816 g/mol. The standard InChI is InChI=1S/C59H36N4O/c1-3-14-37(15-4-1)38-26-29-41(30-27-38)57-60-58(62-59(61-57)47-22-10-9-20-45(47)39-16-5-2-6-17-39)44-31-28-40-32-33-54-55(49(40)35-44)48-23-13-25-52(56(48)64-54)63-51-24-12-11-21-46(51)50-34-42-18-7-8-19-43(42)36-53(50)63/h1-36H. The molecule has 0 spiro atoms. The van der Waals surface area contributed by atoms with Crippen LogP contribution in [0, 0.1) is 0 Å². The van der Waals surface area contributed by atoms with E-state index >= 15 is 0 Å². The van der Waals surface area contributed by atoms with E-state index in [0.717, 1.165) is 88.4 Å². The topological polar surface area (TPSA) is 56.7 Å². The molecular formula is C59H36N4O. The van der Waals surface area contributed by atoms with Gasteiger partial charge in [-0.25, -0.2) is 15.0 Å². The van der Waals surface area contributed by atoms with Crippen LogP contribution in [0.25, 0.3) is 127 Å². The molecule has 0 bridgehead atoms. The van der Waals surface area contributed by atoms with Crippen molar-refractivity contribution < 1.29 is 4.42 Å². The van der Waals surface area contributed by atoms with Crippen LogP contribution < -0.4 is 0 Å². The number of para-hydroxylation sites is 2. The molecule has 64 heavy (non-hydrogen) atoms. The van der Waals surface area contributed by atoms with Gasteiger partial charge in [0.1, 0.15) is 5.58 Å². The van der Waals surface area contributed by atoms with Gasteiger partial charge in [0, 0.05) is 38.2 Å². The van der Waals surface area contributed by atoms with Crippen molar-refractivity contribution in [1.82, 2.24) is 19.5 Å². The van der Waals surface area contributed by atoms with Gasteiger partial charge in [0.25, 0.3) is 0 Å². The molecule has 0 fully saturated rings. The van der Waals surface area contributed by atoms with Crippen LogP contribution in [-0.4, -0.2) is 19.5 Å². The zero-order chi connectivity index (χ0) is 42.1. The fourth-order valence-electron chi connectivity index (χ4n) is 9.58. The number of fused-ring (bicyclic) bond motifs is 9. The summed E-state index contributed by atoms with van der Waals surface area (Å²) < 4.78 is 9.30. The van der Waals surface area contributed by atoms with Crippen LogP contribution in [0.5, 0.6) is 0 Å². The van der Waals surface area contributed by atoms with Gasteiger partial charge in [0.15, 0.2) is 23.1 Å². The lowest BCUT2D eigenvalue weighted by Crippen LogP contribution is -2.01. The molecule has 3 aromatic heterocycles. The number of nitrogens with zero attached hydrogens (tertiary/aromatic N) is 4. The van der Waals surface area contributed by atoms with E-state index in [4.69, 9.17) is 19.4 Å². The van der Waals surface area contributed by atoms with Gasteiger partial charge in [-0.2, -0.15) is 0 Å². The largest absolute Gasteiger partial charge is 0.454 e. The van der Waals surface area contributed by atoms with Crippen LogP contribution in [0.15, 0.2) is 223 Å². The molecule has 13 aromatic rings. The van der Waals surface area contributed by atoms with Crippen molar-refractivity contribution in [3.05, 3.63) is 218 Å². The van der Waals surface area contributed by atoms with Gasteiger partial charge in [-0.05, 0) is 80.2 Å². The molecule has 0 unspecified atom stereocenters. The molecule has 0 aliphatic heterocycles. The fraction of sp³-hybridized carbons (Fsp3) is 0. The molecule has 0 amide bonds. The first kappa shape index (κ1) is 36.0. The van der Waals surface area contributed by atoms with Gasteiger partial charge >= 0.3 is 0 Å². The molecule has 0 atom stereocenters. The highest BCUT2D eigenvalue weighted by atomic mass is 16.3. The summed E-state index contributed by atoms with van der Waals surface area (Å²) in [4.78, 5) is 15.7. The smallest absolute Gasteiger partial charge is 0.164 e. The van der Waals surface area contributed by atoms with Crippen LogP contribution in [0.3, 0.4) is 0 Å². The van der Waals surface area contributed by atoms with Crippen LogP contribution in [-0.2, 0) is 0 Å². The van der Waals surface area contributed by atoms with Crippen LogP contribution in [0.4, 0.5) is 0 Å². The van der Waals surface area contributed by atoms with E-state index in [0.29, 0.717) is 17.5 Å². The van der Waals surface area contributed by atoms with Crippen LogP contribution in [0.2, 0.25) is 0 Å². The second-order valence-electron chi connectivity index (χ2n) is 16.4. The SMILES string of the molecule is c1ccc(-c2ccc(-c3nc(-c4ccc5ccc6oc7c(-n8c9ccccc9c9cc%10ccccc%10cc98)cccc7c6c5c4)nc(-c4ccccc4-c4ccccc4)n3)cc2)cc1. The first-order valence-electron chi connectivity index (χ1n) is 21.6. The number of hydrogen-bond donors (Lipinski definition) is 0. The quantitative estimate of drug-likeness (QED) is 0.168. The molecule has 3 heterocycles. The summed E-state index contributed by atoms with van der Waals surface area (Å²) in [5.74, 6) is 1.82. The fourth-order valence-corrected chi connectivity index (χ4v) is 9.58. The Balaban J connectivity index is 1.01. The van der Waals surface area contributed by atoms with E-state index in [1.54, 1.807) is 0 Å². The Kier molecular flexibility index (Phi) is 8.15. The van der Waals surface area contributed by atoms with Crippen LogP contribution >= 0.6 is 0 Å². The summed E-state index contributed by atoms with van der Waals surface area (Å²) >= 11 is 0. The summed E-state index contributed by atoms with van der Waals surface area (Å²) in [7, 11) is 0. The molecule has 0 saturated heterocycles. The zero-order valence-electron chi connectivity index (χ0n) is 34.5. The molecule has 10 aromatic carbocycles. The Bertz CT molecular complexity index is 3940. The molecular weight excluding hydrogens is 781 g/mol. The third-order valence-electron chi connectivity index (χ3n) is 12.6. The number of benzene rings is 10. The Morgan fingerprint density at radius 3 is 1.73 bits per heavy atom. The maximum atomic E-state index is 6.93. The minimum Gasteiger partial charge on any atom is -0.454 e. The average molecular weight is 817 g/mol. The highest BCUT2D eigenvalue weighted by Crippen LogP contribution is 2.42. The maximum Gasteiger partial charge on any atom is 0.164 e. The van der Waals surface area contributed by atoms with Crippen molar-refractivity contribution in [3.8, 4) is 62.1 Å². The number of aromatic nitrogens is 4. The van der Waals surface area contributed by atoms with E-state index < -0.39 is 0 Å². The Labute approximate surface area is 368 Å². The molecule has 0 aliphatic rings. The molecule has 0 aliphatic carbocycles. The van der Waals surface area contributed by atoms with E-state index in [1.165, 1.54) is 21.5 Å². The van der Waals surface area contributed by atoms with Crippen molar-refractivity contribution in [2.24, 2.45) is 0 Å². The number of rotatable bonds is 6. The van der Waals surface area contributed by atoms with Gasteiger partial charge in [0.05, 0.1) is 16.7 Å². The lowest BCUT2D eigenvalue weighted by Gasteiger charge is -2.12. The molecule has 298 valence electrons. The Hall–Kier alpha value is -8.67. The Morgan fingerprint density at radius 1 is 0.328 bits per heavy atom. The summed E-state index contributed by atoms with van der Waals surface area (Å²) in [5.41, 5.74) is 12.1. The molecule has 13 rings (SSSR count). The van der Waals surface area contributed by atoms with Crippen molar-refractivity contribution in [1.29, 1.82) is 0 Å². The van der Waals surface area contributed by atoms with E-state index in [9.17, 15) is 0 Å². The van der Waals surface area contributed by atoms with E-state index in [-0.39, 0.29) is 0 Å². The third-order valence-corrected chi connectivity index (χ3v) is 12.6. The van der Waals surface area contributed by atoms with Gasteiger partial charge in [0.2, 0.25) is 0 Å². The summed E-state index contributed by atoms with van der Waals surface area (Å²) in [6, 6.07) is 76.8. The molecule has 0 N–H and O–H groups in total. The zero-order valence-corrected chi connectivity index (χ0v) is 34.5. The lowest BCUT2D eigenvalue weighted by molar-refractivity contribution is 0.666. The van der Waals surface area contributed by atoms with Crippen molar-refractivity contribution in [2.45, 2.75) is 0 Å². The molecule has 5 heteroatoms. The highest BCUT2D eigenvalue weighted by molar-refractivity contribution is 6.21. The van der Waals surface area contributed by atoms with Gasteiger partial charge in [-0.1, -0.05) is 182 Å². The summed E-state index contributed by atoms with van der Waals surface area (Å²) in [6.45, 7) is 0. The van der Waals surface area contributed by atoms with E-state index in [1.807, 2.05) is 18.2 Å². The Morgan fingerprint density at radius 2 is 0.922 bits per heavy atom. The van der Waals surface area contributed by atoms with Crippen molar-refractivity contribution in [3.63, 3.8) is 0 Å². The third kappa shape index (κ3) is 5.83. The summed E-state index contributed by atoms with van der Waals surface area (Å²) in [5, 5.41) is 9.13. The predicted octanol–water partition coefficient (Wildman–Crippen LogP) is 15.5. The summed E-state index contributed by atoms with van der Waals surface area (Å²) in [6.07, 6.45) is 0. The van der Waals surface area contributed by atoms with Gasteiger partial charge in [-0.3, -0.25) is 0 Å². The minimum atomic E-state index is 0.597. The normalized spacial score (nSPS) is 11.8. The van der Waals surface area contributed by atoms with E-state index in [2.05, 4.69) is 205 Å². The molecule has 0 saturated carbocycles. The number of furan rings is 1. The lowest BCUT2D eigenvalue weighted by atomic mass is 9.99. The first-order valence-corrected chi connectivity index (χ1v) is 21.6. The maximum absolute atomic E-state index is 6.93. The second kappa shape index (κ2) is 14.5. The predicted molar refractivity (Wildman–Crippen MR) is 264 cm³/mol.